The molecular weight excluding hydrogens is 346 g/mol. The van der Waals surface area contributed by atoms with Crippen LogP contribution in [0.5, 0.6) is 11.5 Å². The van der Waals surface area contributed by atoms with E-state index in [9.17, 15) is 0 Å². The lowest BCUT2D eigenvalue weighted by molar-refractivity contribution is -0.134. The van der Waals surface area contributed by atoms with Gasteiger partial charge < -0.3 is 19.3 Å². The second-order valence-electron chi connectivity index (χ2n) is 7.47. The van der Waals surface area contributed by atoms with Gasteiger partial charge in [0.2, 0.25) is 0 Å². The minimum absolute atomic E-state index is 0.0611. The van der Waals surface area contributed by atoms with Gasteiger partial charge in [-0.05, 0) is 49.7 Å². The molecule has 0 amide bonds. The first kappa shape index (κ1) is 17.9. The first-order chi connectivity index (χ1) is 12.9. The van der Waals surface area contributed by atoms with Crippen LogP contribution < -0.4 is 9.47 Å². The zero-order chi connectivity index (χ0) is 19.3. The van der Waals surface area contributed by atoms with Crippen LogP contribution in [0.2, 0.25) is 0 Å². The molecule has 0 radical (unpaired) electrons. The van der Waals surface area contributed by atoms with Crippen LogP contribution in [0.1, 0.15) is 24.5 Å². The van der Waals surface area contributed by atoms with E-state index in [-0.39, 0.29) is 11.5 Å². The number of nitrogens with zero attached hydrogens (tertiary/aromatic N) is 1. The minimum atomic E-state index is -0.833. The zero-order valence-corrected chi connectivity index (χ0v) is 16.1. The standard InChI is InChI=1S/C19H21NO3.C2H4O2/c1-20-9-8-19-12-5-7-15(22-3)18(19)23-17-14(21-2)6-4-11(16(17)19)10-13(12)20;1-2(3)4/h4-7,13,18H,8-10H2,1-3H3;1H3,(H,3,4). The van der Waals surface area contributed by atoms with Crippen LogP contribution in [0.3, 0.4) is 0 Å². The SMILES string of the molecule is CC(=O)O.COC1=CC=C2C3Cc4ccc(OC)c5c4C2(CCN3C)C1O5. The minimum Gasteiger partial charge on any atom is -0.497 e. The molecule has 1 N–H and O–H groups in total. The van der Waals surface area contributed by atoms with Crippen molar-refractivity contribution < 1.29 is 24.1 Å². The van der Waals surface area contributed by atoms with Gasteiger partial charge in [-0.1, -0.05) is 12.1 Å². The van der Waals surface area contributed by atoms with Gasteiger partial charge in [0, 0.05) is 18.5 Å². The van der Waals surface area contributed by atoms with E-state index >= 15 is 0 Å². The predicted octanol–water partition coefficient (Wildman–Crippen LogP) is 2.52. The van der Waals surface area contributed by atoms with Crippen molar-refractivity contribution in [1.82, 2.24) is 4.90 Å². The van der Waals surface area contributed by atoms with Crippen LogP contribution in [0.15, 0.2) is 35.6 Å². The Kier molecular flexibility index (Phi) is 4.18. The van der Waals surface area contributed by atoms with Crippen molar-refractivity contribution in [2.45, 2.75) is 37.3 Å². The third-order valence-corrected chi connectivity index (χ3v) is 6.16. The third-order valence-electron chi connectivity index (χ3n) is 6.16. The fraction of sp³-hybridized carbons (Fsp3) is 0.476. The number of carboxylic acids is 1. The summed E-state index contributed by atoms with van der Waals surface area (Å²) in [5.41, 5.74) is 4.15. The van der Waals surface area contributed by atoms with Gasteiger partial charge >= 0.3 is 0 Å². The van der Waals surface area contributed by atoms with E-state index in [1.807, 2.05) is 6.07 Å². The summed E-state index contributed by atoms with van der Waals surface area (Å²) in [6.07, 6.45) is 6.41. The average molecular weight is 371 g/mol. The lowest BCUT2D eigenvalue weighted by atomic mass is 9.57. The molecule has 144 valence electrons. The molecule has 1 spiro atoms. The van der Waals surface area contributed by atoms with Crippen molar-refractivity contribution in [2.24, 2.45) is 0 Å². The first-order valence-corrected chi connectivity index (χ1v) is 9.17. The molecule has 1 aromatic rings. The summed E-state index contributed by atoms with van der Waals surface area (Å²) in [5, 5.41) is 7.42. The van der Waals surface area contributed by atoms with Crippen molar-refractivity contribution in [3.63, 3.8) is 0 Å². The van der Waals surface area contributed by atoms with Crippen molar-refractivity contribution in [2.75, 3.05) is 27.8 Å². The smallest absolute Gasteiger partial charge is 0.300 e. The van der Waals surface area contributed by atoms with Gasteiger partial charge in [0.25, 0.3) is 5.97 Å². The molecule has 4 aliphatic rings. The summed E-state index contributed by atoms with van der Waals surface area (Å²) < 4.78 is 17.7. The van der Waals surface area contributed by atoms with Gasteiger partial charge in [-0.3, -0.25) is 9.69 Å². The van der Waals surface area contributed by atoms with Gasteiger partial charge in [0.05, 0.1) is 19.6 Å². The Hall–Kier alpha value is -2.47. The number of likely N-dealkylation sites (N-methyl/N-ethyl adjacent to an activating group) is 1. The summed E-state index contributed by atoms with van der Waals surface area (Å²) in [7, 11) is 5.68. The Balaban J connectivity index is 0.000000413. The van der Waals surface area contributed by atoms with Crippen LogP contribution in [-0.4, -0.2) is 55.9 Å². The molecule has 2 heterocycles. The molecule has 27 heavy (non-hydrogen) atoms. The zero-order valence-electron chi connectivity index (χ0n) is 16.1. The van der Waals surface area contributed by atoms with Crippen molar-refractivity contribution >= 4 is 5.97 Å². The Morgan fingerprint density at radius 1 is 1.30 bits per heavy atom. The highest BCUT2D eigenvalue weighted by Crippen LogP contribution is 2.62. The Bertz CT molecular complexity index is 854. The normalized spacial score (nSPS) is 29.3. The molecule has 2 aliphatic heterocycles. The van der Waals surface area contributed by atoms with Crippen LogP contribution in [-0.2, 0) is 21.4 Å². The molecule has 5 rings (SSSR count). The van der Waals surface area contributed by atoms with Gasteiger partial charge in [-0.15, -0.1) is 0 Å². The lowest BCUT2D eigenvalue weighted by Crippen LogP contribution is -2.58. The van der Waals surface area contributed by atoms with Crippen LogP contribution in [0.4, 0.5) is 0 Å². The summed E-state index contributed by atoms with van der Waals surface area (Å²) in [5.74, 6) is 1.84. The van der Waals surface area contributed by atoms with E-state index in [1.54, 1.807) is 14.2 Å². The maximum Gasteiger partial charge on any atom is 0.300 e. The quantitative estimate of drug-likeness (QED) is 0.862. The van der Waals surface area contributed by atoms with E-state index in [4.69, 9.17) is 24.1 Å². The molecule has 1 saturated heterocycles. The lowest BCUT2D eigenvalue weighted by Gasteiger charge is -2.52. The highest BCUT2D eigenvalue weighted by Gasteiger charge is 2.61. The van der Waals surface area contributed by atoms with Crippen molar-refractivity contribution in [1.29, 1.82) is 0 Å². The molecule has 3 unspecified atom stereocenters. The predicted molar refractivity (Wildman–Crippen MR) is 100 cm³/mol. The summed E-state index contributed by atoms with van der Waals surface area (Å²) in [6, 6.07) is 4.72. The van der Waals surface area contributed by atoms with Crippen molar-refractivity contribution in [3.8, 4) is 11.5 Å². The maximum atomic E-state index is 9.00. The molecule has 3 atom stereocenters. The monoisotopic (exact) mass is 371 g/mol. The van der Waals surface area contributed by atoms with Crippen LogP contribution in [0.25, 0.3) is 0 Å². The fourth-order valence-electron chi connectivity index (χ4n) is 5.10. The number of rotatable bonds is 2. The van der Waals surface area contributed by atoms with E-state index in [2.05, 4.69) is 30.2 Å². The molecule has 2 bridgehead atoms. The first-order valence-electron chi connectivity index (χ1n) is 9.17. The van der Waals surface area contributed by atoms with Gasteiger partial charge in [-0.2, -0.15) is 0 Å². The summed E-state index contributed by atoms with van der Waals surface area (Å²) in [4.78, 5) is 11.5. The number of hydrogen-bond acceptors (Lipinski definition) is 5. The number of allylic oxidation sites excluding steroid dienone is 2. The number of carboxylic acid groups (broad SMARTS) is 1. The average Bonchev–Trinajstić information content (AvgIpc) is 2.98. The Morgan fingerprint density at radius 3 is 2.70 bits per heavy atom. The largest absolute Gasteiger partial charge is 0.497 e. The number of methoxy groups -OCH3 is 2. The molecular formula is C21H25NO5. The number of piperidine rings is 1. The third kappa shape index (κ3) is 2.39. The summed E-state index contributed by atoms with van der Waals surface area (Å²) >= 11 is 0. The highest BCUT2D eigenvalue weighted by molar-refractivity contribution is 5.67. The maximum absolute atomic E-state index is 9.00. The second-order valence-corrected chi connectivity index (χ2v) is 7.47. The Labute approximate surface area is 159 Å². The molecule has 0 saturated carbocycles. The van der Waals surface area contributed by atoms with E-state index in [1.165, 1.54) is 16.7 Å². The summed E-state index contributed by atoms with van der Waals surface area (Å²) in [6.45, 7) is 2.16. The molecule has 6 nitrogen and oxygen atoms in total. The number of hydrogen-bond donors (Lipinski definition) is 1. The topological polar surface area (TPSA) is 68.2 Å². The number of aliphatic carboxylic acids is 1. The van der Waals surface area contributed by atoms with Gasteiger partial charge in [0.1, 0.15) is 5.76 Å². The van der Waals surface area contributed by atoms with E-state index in [0.29, 0.717) is 6.04 Å². The van der Waals surface area contributed by atoms with Crippen LogP contribution in [0, 0.1) is 0 Å². The molecule has 6 heteroatoms. The number of carbonyl (C=O) groups is 1. The highest BCUT2D eigenvalue weighted by atomic mass is 16.6. The molecule has 1 aromatic carbocycles. The van der Waals surface area contributed by atoms with E-state index in [0.717, 1.165) is 43.6 Å². The fourth-order valence-corrected chi connectivity index (χ4v) is 5.10. The van der Waals surface area contributed by atoms with Gasteiger partial charge in [-0.25, -0.2) is 0 Å². The molecule has 2 aliphatic carbocycles. The second kappa shape index (κ2) is 6.30. The number of benzene rings is 1. The number of likely N-dealkylation sites (tertiary alicyclic amines) is 1. The molecule has 0 aromatic heterocycles. The molecule has 1 fully saturated rings. The Morgan fingerprint density at radius 2 is 2.04 bits per heavy atom. The number of ether oxygens (including phenoxy) is 3. The van der Waals surface area contributed by atoms with Gasteiger partial charge in [0.15, 0.2) is 17.6 Å². The van der Waals surface area contributed by atoms with Crippen LogP contribution >= 0.6 is 0 Å². The van der Waals surface area contributed by atoms with E-state index < -0.39 is 5.97 Å². The van der Waals surface area contributed by atoms with Crippen molar-refractivity contribution in [3.05, 3.63) is 46.7 Å².